The van der Waals surface area contributed by atoms with Crippen molar-refractivity contribution in [1.82, 2.24) is 5.32 Å². The Balaban J connectivity index is 3.20. The molecule has 0 heterocycles. The SMILES string of the molecule is CNCc1cc(C(C)(C)C(=O)O)ccc1OC. The number of carbonyl (C=O) groups is 1. The second kappa shape index (κ2) is 5.19. The fourth-order valence-corrected chi connectivity index (χ4v) is 1.62. The van der Waals surface area contributed by atoms with Crippen molar-refractivity contribution in [2.75, 3.05) is 14.2 Å². The van der Waals surface area contributed by atoms with Crippen LogP contribution in [-0.4, -0.2) is 25.2 Å². The van der Waals surface area contributed by atoms with Crippen LogP contribution in [0.15, 0.2) is 18.2 Å². The van der Waals surface area contributed by atoms with E-state index in [1.807, 2.05) is 19.2 Å². The van der Waals surface area contributed by atoms with E-state index in [2.05, 4.69) is 5.32 Å². The molecule has 0 saturated heterocycles. The summed E-state index contributed by atoms with van der Waals surface area (Å²) in [6.45, 7) is 4.04. The Labute approximate surface area is 102 Å². The molecule has 0 saturated carbocycles. The van der Waals surface area contributed by atoms with Crippen molar-refractivity contribution in [3.8, 4) is 5.75 Å². The molecule has 1 aromatic carbocycles. The van der Waals surface area contributed by atoms with Gasteiger partial charge in [0.2, 0.25) is 0 Å². The third-order valence-corrected chi connectivity index (χ3v) is 2.90. The van der Waals surface area contributed by atoms with Crippen molar-refractivity contribution in [3.05, 3.63) is 29.3 Å². The first kappa shape index (κ1) is 13.5. The second-order valence-electron chi connectivity index (χ2n) is 4.49. The highest BCUT2D eigenvalue weighted by atomic mass is 16.5. The minimum Gasteiger partial charge on any atom is -0.496 e. The third-order valence-electron chi connectivity index (χ3n) is 2.90. The number of hydrogen-bond donors (Lipinski definition) is 2. The fourth-order valence-electron chi connectivity index (χ4n) is 1.62. The van der Waals surface area contributed by atoms with Gasteiger partial charge < -0.3 is 15.2 Å². The maximum Gasteiger partial charge on any atom is 0.313 e. The molecular formula is C13H19NO3. The standard InChI is InChI=1S/C13H19NO3/c1-13(2,12(15)16)10-5-6-11(17-4)9(7-10)8-14-3/h5-7,14H,8H2,1-4H3,(H,15,16). The summed E-state index contributed by atoms with van der Waals surface area (Å²) in [6, 6.07) is 5.49. The largest absolute Gasteiger partial charge is 0.496 e. The Bertz CT molecular complexity index is 413. The molecule has 4 heteroatoms. The lowest BCUT2D eigenvalue weighted by molar-refractivity contribution is -0.142. The maximum absolute atomic E-state index is 11.2. The van der Waals surface area contributed by atoms with E-state index in [1.165, 1.54) is 0 Å². The molecule has 0 fully saturated rings. The van der Waals surface area contributed by atoms with Gasteiger partial charge in [-0.25, -0.2) is 0 Å². The van der Waals surface area contributed by atoms with Gasteiger partial charge in [0.1, 0.15) is 5.75 Å². The van der Waals surface area contributed by atoms with E-state index in [-0.39, 0.29) is 0 Å². The van der Waals surface area contributed by atoms with Gasteiger partial charge in [-0.2, -0.15) is 0 Å². The summed E-state index contributed by atoms with van der Waals surface area (Å²) in [4.78, 5) is 11.2. The molecule has 0 aliphatic rings. The summed E-state index contributed by atoms with van der Waals surface area (Å²) in [5, 5.41) is 12.2. The molecule has 4 nitrogen and oxygen atoms in total. The van der Waals surface area contributed by atoms with Crippen molar-refractivity contribution in [2.45, 2.75) is 25.8 Å². The Morgan fingerprint density at radius 2 is 2.12 bits per heavy atom. The van der Waals surface area contributed by atoms with Crippen LogP contribution in [0.25, 0.3) is 0 Å². The summed E-state index contributed by atoms with van der Waals surface area (Å²) in [5.41, 5.74) is 0.840. The molecule has 0 radical (unpaired) electrons. The first-order valence-corrected chi connectivity index (χ1v) is 5.49. The zero-order chi connectivity index (χ0) is 13.1. The van der Waals surface area contributed by atoms with Crippen LogP contribution in [0.4, 0.5) is 0 Å². The first-order valence-electron chi connectivity index (χ1n) is 5.49. The molecule has 0 aliphatic heterocycles. The van der Waals surface area contributed by atoms with E-state index >= 15 is 0 Å². The molecule has 0 unspecified atom stereocenters. The van der Waals surface area contributed by atoms with Gasteiger partial charge in [-0.3, -0.25) is 4.79 Å². The summed E-state index contributed by atoms with van der Waals surface area (Å²) in [6.07, 6.45) is 0. The number of carboxylic acid groups (broad SMARTS) is 1. The zero-order valence-electron chi connectivity index (χ0n) is 10.7. The molecule has 0 amide bonds. The number of benzene rings is 1. The third kappa shape index (κ3) is 2.77. The molecule has 1 aromatic rings. The Kier molecular flexibility index (Phi) is 4.12. The van der Waals surface area contributed by atoms with Crippen LogP contribution >= 0.6 is 0 Å². The minimum atomic E-state index is -0.894. The van der Waals surface area contributed by atoms with Crippen molar-refractivity contribution in [3.63, 3.8) is 0 Å². The summed E-state index contributed by atoms with van der Waals surface area (Å²) < 4.78 is 5.24. The van der Waals surface area contributed by atoms with E-state index in [0.717, 1.165) is 16.9 Å². The number of aliphatic carboxylic acids is 1. The number of hydrogen-bond acceptors (Lipinski definition) is 3. The van der Waals surface area contributed by atoms with Crippen molar-refractivity contribution in [2.24, 2.45) is 0 Å². The van der Waals surface area contributed by atoms with E-state index in [4.69, 9.17) is 4.74 Å². The molecule has 0 spiro atoms. The molecular weight excluding hydrogens is 218 g/mol. The monoisotopic (exact) mass is 237 g/mol. The highest BCUT2D eigenvalue weighted by Gasteiger charge is 2.29. The molecule has 0 aliphatic carbocycles. The zero-order valence-corrected chi connectivity index (χ0v) is 10.7. The van der Waals surface area contributed by atoms with Gasteiger partial charge in [-0.05, 0) is 38.6 Å². The lowest BCUT2D eigenvalue weighted by atomic mass is 9.84. The number of nitrogens with one attached hydrogen (secondary N) is 1. The van der Waals surface area contributed by atoms with Gasteiger partial charge >= 0.3 is 5.97 Å². The number of carboxylic acids is 1. The van der Waals surface area contributed by atoms with Gasteiger partial charge in [0.25, 0.3) is 0 Å². The van der Waals surface area contributed by atoms with Crippen LogP contribution < -0.4 is 10.1 Å². The van der Waals surface area contributed by atoms with Crippen molar-refractivity contribution < 1.29 is 14.6 Å². The number of methoxy groups -OCH3 is 1. The Hall–Kier alpha value is -1.55. The maximum atomic E-state index is 11.2. The average molecular weight is 237 g/mol. The quantitative estimate of drug-likeness (QED) is 0.819. The fraction of sp³-hybridized carbons (Fsp3) is 0.462. The molecule has 1 rings (SSSR count). The molecule has 0 atom stereocenters. The van der Waals surface area contributed by atoms with Crippen LogP contribution in [0.1, 0.15) is 25.0 Å². The molecule has 94 valence electrons. The van der Waals surface area contributed by atoms with Crippen LogP contribution in [0.3, 0.4) is 0 Å². The van der Waals surface area contributed by atoms with Crippen molar-refractivity contribution >= 4 is 5.97 Å². The van der Waals surface area contributed by atoms with Crippen LogP contribution in [0, 0.1) is 0 Å². The van der Waals surface area contributed by atoms with Gasteiger partial charge in [-0.1, -0.05) is 6.07 Å². The predicted octanol–water partition coefficient (Wildman–Crippen LogP) is 1.78. The van der Waals surface area contributed by atoms with Crippen LogP contribution in [0.5, 0.6) is 5.75 Å². The van der Waals surface area contributed by atoms with E-state index in [9.17, 15) is 9.90 Å². The Morgan fingerprint density at radius 1 is 1.47 bits per heavy atom. The van der Waals surface area contributed by atoms with Gasteiger partial charge in [0, 0.05) is 12.1 Å². The van der Waals surface area contributed by atoms with Crippen molar-refractivity contribution in [1.29, 1.82) is 0 Å². The second-order valence-corrected chi connectivity index (χ2v) is 4.49. The van der Waals surface area contributed by atoms with Gasteiger partial charge in [0.15, 0.2) is 0 Å². The summed E-state index contributed by atoms with van der Waals surface area (Å²) in [7, 11) is 3.45. The highest BCUT2D eigenvalue weighted by molar-refractivity contribution is 5.80. The van der Waals surface area contributed by atoms with Gasteiger partial charge in [-0.15, -0.1) is 0 Å². The predicted molar refractivity (Wildman–Crippen MR) is 66.4 cm³/mol. The Morgan fingerprint density at radius 3 is 2.59 bits per heavy atom. The molecule has 2 N–H and O–H groups in total. The van der Waals surface area contributed by atoms with E-state index in [1.54, 1.807) is 27.0 Å². The van der Waals surface area contributed by atoms with Gasteiger partial charge in [0.05, 0.1) is 12.5 Å². The number of ether oxygens (including phenoxy) is 1. The summed E-state index contributed by atoms with van der Waals surface area (Å²) >= 11 is 0. The van der Waals surface area contributed by atoms with Crippen LogP contribution in [0.2, 0.25) is 0 Å². The lowest BCUT2D eigenvalue weighted by Gasteiger charge is -2.21. The normalized spacial score (nSPS) is 11.3. The number of rotatable bonds is 5. The topological polar surface area (TPSA) is 58.6 Å². The average Bonchev–Trinajstić information content (AvgIpc) is 2.29. The first-order chi connectivity index (χ1) is 7.93. The molecule has 17 heavy (non-hydrogen) atoms. The van der Waals surface area contributed by atoms with E-state index in [0.29, 0.717) is 6.54 Å². The molecule has 0 bridgehead atoms. The minimum absolute atomic E-state index is 0.646. The van der Waals surface area contributed by atoms with Crippen LogP contribution in [-0.2, 0) is 16.8 Å². The van der Waals surface area contributed by atoms with E-state index < -0.39 is 11.4 Å². The molecule has 0 aromatic heterocycles. The summed E-state index contributed by atoms with van der Waals surface area (Å²) in [5.74, 6) is -0.0673. The smallest absolute Gasteiger partial charge is 0.313 e. The lowest BCUT2D eigenvalue weighted by Crippen LogP contribution is -2.28. The highest BCUT2D eigenvalue weighted by Crippen LogP contribution is 2.28.